The molecule has 2 aliphatic rings. The summed E-state index contributed by atoms with van der Waals surface area (Å²) in [5.41, 5.74) is 0.585. The van der Waals surface area contributed by atoms with Gasteiger partial charge in [0.25, 0.3) is 0 Å². The van der Waals surface area contributed by atoms with Crippen LogP contribution in [0.4, 0.5) is 11.5 Å². The number of aromatic nitrogens is 2. The maximum atomic E-state index is 12.5. The van der Waals surface area contributed by atoms with Crippen molar-refractivity contribution in [3.63, 3.8) is 0 Å². The van der Waals surface area contributed by atoms with E-state index in [1.165, 1.54) is 0 Å². The third-order valence-electron chi connectivity index (χ3n) is 4.97. The van der Waals surface area contributed by atoms with Crippen LogP contribution in [0.15, 0.2) is 0 Å². The number of hydrogen-bond donors (Lipinski definition) is 0. The van der Waals surface area contributed by atoms with E-state index in [0.29, 0.717) is 63.9 Å². The molecule has 0 N–H and O–H groups in total. The Kier molecular flexibility index (Phi) is 5.72. The number of amides is 1. The van der Waals surface area contributed by atoms with Crippen LogP contribution in [0, 0.1) is 10.1 Å². The highest BCUT2D eigenvalue weighted by Crippen LogP contribution is 2.32. The van der Waals surface area contributed by atoms with Crippen molar-refractivity contribution < 1.29 is 14.5 Å². The van der Waals surface area contributed by atoms with Gasteiger partial charge < -0.3 is 14.5 Å². The maximum Gasteiger partial charge on any atom is 0.334 e. The van der Waals surface area contributed by atoms with E-state index in [2.05, 4.69) is 10.00 Å². The van der Waals surface area contributed by atoms with Gasteiger partial charge >= 0.3 is 5.69 Å². The molecule has 2 fully saturated rings. The monoisotopic (exact) mass is 366 g/mol. The number of nitrogens with zero attached hydrogens (tertiary/aromatic N) is 6. The van der Waals surface area contributed by atoms with Crippen LogP contribution in [0.1, 0.15) is 12.6 Å². The Bertz CT molecular complexity index is 662. The average Bonchev–Trinajstić information content (AvgIpc) is 2.99. The molecule has 0 aliphatic carbocycles. The fourth-order valence-electron chi connectivity index (χ4n) is 3.56. The standard InChI is InChI=1S/C16H26N6O4/c1-3-13-15(22(24)25)16(18(2)17-13)21-6-4-20(5-7-21)14(23)12-19-8-10-26-11-9-19/h3-12H2,1-2H3. The Hall–Kier alpha value is -2.20. The van der Waals surface area contributed by atoms with Crippen molar-refractivity contribution in [1.82, 2.24) is 19.6 Å². The first-order chi connectivity index (χ1) is 12.5. The van der Waals surface area contributed by atoms with Gasteiger partial charge in [-0.15, -0.1) is 0 Å². The molecule has 1 amide bonds. The van der Waals surface area contributed by atoms with Crippen LogP contribution in [0.2, 0.25) is 0 Å². The van der Waals surface area contributed by atoms with Crippen LogP contribution in [0.5, 0.6) is 0 Å². The highest BCUT2D eigenvalue weighted by Gasteiger charge is 2.32. The number of ether oxygens (including phenoxy) is 1. The fraction of sp³-hybridized carbons (Fsp3) is 0.750. The first kappa shape index (κ1) is 18.6. The van der Waals surface area contributed by atoms with Crippen LogP contribution in [-0.2, 0) is 23.0 Å². The third kappa shape index (κ3) is 3.80. The van der Waals surface area contributed by atoms with Gasteiger partial charge in [0.1, 0.15) is 5.69 Å². The van der Waals surface area contributed by atoms with Gasteiger partial charge in [0, 0.05) is 46.3 Å². The number of rotatable bonds is 5. The second-order valence-corrected chi connectivity index (χ2v) is 6.61. The molecule has 0 spiro atoms. The summed E-state index contributed by atoms with van der Waals surface area (Å²) in [5.74, 6) is 0.646. The molecule has 26 heavy (non-hydrogen) atoms. The van der Waals surface area contributed by atoms with Crippen LogP contribution in [0.3, 0.4) is 0 Å². The molecule has 144 valence electrons. The molecule has 0 atom stereocenters. The summed E-state index contributed by atoms with van der Waals surface area (Å²) in [6.07, 6.45) is 0.516. The topological polar surface area (TPSA) is 97.0 Å². The van der Waals surface area contributed by atoms with Gasteiger partial charge in [-0.25, -0.2) is 4.68 Å². The van der Waals surface area contributed by atoms with E-state index in [9.17, 15) is 14.9 Å². The van der Waals surface area contributed by atoms with E-state index in [1.54, 1.807) is 11.7 Å². The minimum atomic E-state index is -0.350. The van der Waals surface area contributed by atoms with Gasteiger partial charge in [0.05, 0.1) is 24.7 Å². The maximum absolute atomic E-state index is 12.5. The third-order valence-corrected chi connectivity index (χ3v) is 4.97. The number of aryl methyl sites for hydroxylation is 2. The Morgan fingerprint density at radius 1 is 1.19 bits per heavy atom. The smallest absolute Gasteiger partial charge is 0.334 e. The molecule has 10 heteroatoms. The summed E-state index contributed by atoms with van der Waals surface area (Å²) in [4.78, 5) is 29.6. The van der Waals surface area contributed by atoms with Crippen LogP contribution < -0.4 is 4.90 Å². The van der Waals surface area contributed by atoms with Crippen molar-refractivity contribution in [2.75, 3.05) is 63.9 Å². The number of anilines is 1. The van der Waals surface area contributed by atoms with Crippen LogP contribution >= 0.6 is 0 Å². The zero-order valence-corrected chi connectivity index (χ0v) is 15.4. The lowest BCUT2D eigenvalue weighted by molar-refractivity contribution is -0.384. The van der Waals surface area contributed by atoms with Crippen molar-refractivity contribution >= 4 is 17.4 Å². The van der Waals surface area contributed by atoms with Crippen LogP contribution in [-0.4, -0.2) is 89.4 Å². The molecule has 0 unspecified atom stereocenters. The molecule has 1 aromatic heterocycles. The number of morpholine rings is 1. The lowest BCUT2D eigenvalue weighted by Gasteiger charge is -2.36. The van der Waals surface area contributed by atoms with Gasteiger partial charge in [0.2, 0.25) is 11.7 Å². The van der Waals surface area contributed by atoms with Crippen molar-refractivity contribution in [3.05, 3.63) is 15.8 Å². The Balaban J connectivity index is 1.62. The molecule has 0 saturated carbocycles. The van der Waals surface area contributed by atoms with Gasteiger partial charge in [0.15, 0.2) is 0 Å². The molecule has 3 heterocycles. The Morgan fingerprint density at radius 2 is 1.85 bits per heavy atom. The predicted octanol–water partition coefficient (Wildman–Crippen LogP) is -0.128. The van der Waals surface area contributed by atoms with E-state index >= 15 is 0 Å². The summed E-state index contributed by atoms with van der Waals surface area (Å²) in [5, 5.41) is 15.8. The van der Waals surface area contributed by atoms with E-state index in [-0.39, 0.29) is 16.5 Å². The van der Waals surface area contributed by atoms with Gasteiger partial charge in [-0.2, -0.15) is 5.10 Å². The largest absolute Gasteiger partial charge is 0.379 e. The zero-order valence-electron chi connectivity index (χ0n) is 15.4. The quantitative estimate of drug-likeness (QED) is 0.529. The molecule has 3 rings (SSSR count). The highest BCUT2D eigenvalue weighted by atomic mass is 16.6. The summed E-state index contributed by atoms with van der Waals surface area (Å²) < 4.78 is 6.89. The number of piperazine rings is 1. The molecule has 1 aromatic rings. The minimum absolute atomic E-state index is 0.0862. The second kappa shape index (κ2) is 8.00. The van der Waals surface area contributed by atoms with Crippen molar-refractivity contribution in [3.8, 4) is 0 Å². The van der Waals surface area contributed by atoms with Crippen molar-refractivity contribution in [2.45, 2.75) is 13.3 Å². The lowest BCUT2D eigenvalue weighted by Crippen LogP contribution is -2.52. The molecule has 0 aromatic carbocycles. The summed E-state index contributed by atoms with van der Waals surface area (Å²) in [6, 6.07) is 0. The van der Waals surface area contributed by atoms with Gasteiger partial charge in [-0.1, -0.05) is 6.92 Å². The number of carbonyl (C=O) groups is 1. The van der Waals surface area contributed by atoms with E-state index in [1.807, 2.05) is 16.7 Å². The molecule has 0 bridgehead atoms. The lowest BCUT2D eigenvalue weighted by atomic mass is 10.2. The SMILES string of the molecule is CCc1nn(C)c(N2CCN(C(=O)CN3CCOCC3)CC2)c1[N+](=O)[O-]. The predicted molar refractivity (Wildman–Crippen MR) is 95.3 cm³/mol. The number of nitro groups is 1. The first-order valence-corrected chi connectivity index (χ1v) is 9.04. The fourth-order valence-corrected chi connectivity index (χ4v) is 3.56. The average molecular weight is 366 g/mol. The second-order valence-electron chi connectivity index (χ2n) is 6.61. The van der Waals surface area contributed by atoms with Crippen molar-refractivity contribution in [2.24, 2.45) is 7.05 Å². The molecule has 2 aliphatic heterocycles. The van der Waals surface area contributed by atoms with Crippen LogP contribution in [0.25, 0.3) is 0 Å². The molecule has 0 radical (unpaired) electrons. The van der Waals surface area contributed by atoms with Gasteiger partial charge in [-0.3, -0.25) is 19.8 Å². The molecule has 2 saturated heterocycles. The summed E-state index contributed by atoms with van der Waals surface area (Å²) in [6.45, 7) is 7.45. The van der Waals surface area contributed by atoms with Gasteiger partial charge in [-0.05, 0) is 6.42 Å². The van der Waals surface area contributed by atoms with E-state index < -0.39 is 0 Å². The molecular formula is C16H26N6O4. The first-order valence-electron chi connectivity index (χ1n) is 9.04. The highest BCUT2D eigenvalue weighted by molar-refractivity contribution is 5.78. The van der Waals surface area contributed by atoms with E-state index in [4.69, 9.17) is 4.74 Å². The Morgan fingerprint density at radius 3 is 2.42 bits per heavy atom. The summed E-state index contributed by atoms with van der Waals surface area (Å²) >= 11 is 0. The number of carbonyl (C=O) groups excluding carboxylic acids is 1. The molecule has 10 nitrogen and oxygen atoms in total. The molecular weight excluding hydrogens is 340 g/mol. The van der Waals surface area contributed by atoms with E-state index in [0.717, 1.165) is 13.1 Å². The summed E-state index contributed by atoms with van der Waals surface area (Å²) in [7, 11) is 1.73. The van der Waals surface area contributed by atoms with Crippen molar-refractivity contribution in [1.29, 1.82) is 0 Å². The number of hydrogen-bond acceptors (Lipinski definition) is 7. The zero-order chi connectivity index (χ0) is 18.7. The normalized spacial score (nSPS) is 19.0. The Labute approximate surface area is 152 Å². The minimum Gasteiger partial charge on any atom is -0.379 e.